The van der Waals surface area contributed by atoms with Crippen molar-refractivity contribution >= 4 is 5.91 Å². The van der Waals surface area contributed by atoms with E-state index in [1.165, 1.54) is 0 Å². The van der Waals surface area contributed by atoms with E-state index in [4.69, 9.17) is 5.73 Å². The molecule has 1 saturated heterocycles. The zero-order valence-corrected chi connectivity index (χ0v) is 7.93. The zero-order valence-electron chi connectivity index (χ0n) is 7.93. The molecule has 7 heteroatoms. The van der Waals surface area contributed by atoms with Crippen LogP contribution < -0.4 is 5.73 Å². The van der Waals surface area contributed by atoms with Crippen LogP contribution in [-0.2, 0) is 4.79 Å². The van der Waals surface area contributed by atoms with Gasteiger partial charge in [0.2, 0.25) is 0 Å². The summed E-state index contributed by atoms with van der Waals surface area (Å²) in [6, 6.07) is 0. The Morgan fingerprint density at radius 2 is 2.13 bits per heavy atom. The molecule has 1 aliphatic rings. The second-order valence-corrected chi connectivity index (χ2v) is 3.57. The fourth-order valence-electron chi connectivity index (χ4n) is 1.51. The van der Waals surface area contributed by atoms with Crippen LogP contribution in [0, 0.1) is 5.92 Å². The third-order valence-electron chi connectivity index (χ3n) is 2.47. The zero-order chi connectivity index (χ0) is 11.6. The SMILES string of the molecule is NCC1CCN(C(=O)C(F)(F)C(F)F)C1. The van der Waals surface area contributed by atoms with Gasteiger partial charge in [0.15, 0.2) is 0 Å². The molecule has 1 unspecified atom stereocenters. The number of hydrogen-bond donors (Lipinski definition) is 1. The van der Waals surface area contributed by atoms with Gasteiger partial charge in [0.1, 0.15) is 0 Å². The van der Waals surface area contributed by atoms with Crippen LogP contribution in [0.1, 0.15) is 6.42 Å². The Labute approximate surface area is 84.2 Å². The number of nitrogens with two attached hydrogens (primary N) is 1. The van der Waals surface area contributed by atoms with Crippen molar-refractivity contribution in [2.24, 2.45) is 11.7 Å². The first-order valence-corrected chi connectivity index (χ1v) is 4.55. The molecule has 15 heavy (non-hydrogen) atoms. The van der Waals surface area contributed by atoms with Crippen LogP contribution in [0.15, 0.2) is 0 Å². The molecule has 2 N–H and O–H groups in total. The minimum absolute atomic E-state index is 0.0393. The fraction of sp³-hybridized carbons (Fsp3) is 0.875. The lowest BCUT2D eigenvalue weighted by atomic mass is 10.1. The van der Waals surface area contributed by atoms with E-state index in [9.17, 15) is 22.4 Å². The molecule has 0 bridgehead atoms. The first-order valence-electron chi connectivity index (χ1n) is 4.55. The lowest BCUT2D eigenvalue weighted by Gasteiger charge is -2.22. The Morgan fingerprint density at radius 3 is 2.53 bits per heavy atom. The number of nitrogens with zero attached hydrogens (tertiary/aromatic N) is 1. The van der Waals surface area contributed by atoms with Crippen LogP contribution in [0.3, 0.4) is 0 Å². The van der Waals surface area contributed by atoms with Gasteiger partial charge in [0.05, 0.1) is 0 Å². The van der Waals surface area contributed by atoms with Crippen molar-refractivity contribution in [1.29, 1.82) is 0 Å². The number of rotatable bonds is 3. The van der Waals surface area contributed by atoms with Gasteiger partial charge in [-0.25, -0.2) is 8.78 Å². The summed E-state index contributed by atoms with van der Waals surface area (Å²) in [5, 5.41) is 0. The van der Waals surface area contributed by atoms with Gasteiger partial charge in [-0.15, -0.1) is 0 Å². The molecule has 1 aliphatic heterocycles. The van der Waals surface area contributed by atoms with E-state index >= 15 is 0 Å². The van der Waals surface area contributed by atoms with Crippen LogP contribution in [0.25, 0.3) is 0 Å². The summed E-state index contributed by atoms with van der Waals surface area (Å²) in [7, 11) is 0. The quantitative estimate of drug-likeness (QED) is 0.722. The molecule has 1 fully saturated rings. The molecule has 0 aromatic rings. The fourth-order valence-corrected chi connectivity index (χ4v) is 1.51. The maximum absolute atomic E-state index is 12.7. The minimum Gasteiger partial charge on any atom is -0.337 e. The normalized spacial score (nSPS) is 22.5. The number of carbonyl (C=O) groups is 1. The highest BCUT2D eigenvalue weighted by molar-refractivity contribution is 5.84. The van der Waals surface area contributed by atoms with Crippen LogP contribution in [0.4, 0.5) is 17.6 Å². The Hall–Kier alpha value is -0.850. The molecule has 1 amide bonds. The van der Waals surface area contributed by atoms with E-state index in [1.54, 1.807) is 0 Å². The van der Waals surface area contributed by atoms with Gasteiger partial charge in [0, 0.05) is 13.1 Å². The number of halogens is 4. The Morgan fingerprint density at radius 1 is 1.53 bits per heavy atom. The highest BCUT2D eigenvalue weighted by Crippen LogP contribution is 2.28. The van der Waals surface area contributed by atoms with Gasteiger partial charge in [-0.1, -0.05) is 0 Å². The molecule has 0 aromatic carbocycles. The standard InChI is InChI=1S/C8H12F4N2O/c9-6(10)8(11,12)7(15)14-2-1-5(3-13)4-14/h5-6H,1-4,13H2. The topological polar surface area (TPSA) is 46.3 Å². The molecule has 3 nitrogen and oxygen atoms in total. The third kappa shape index (κ3) is 2.39. The predicted molar refractivity (Wildman–Crippen MR) is 44.7 cm³/mol. The molecule has 0 aromatic heterocycles. The lowest BCUT2D eigenvalue weighted by Crippen LogP contribution is -2.47. The molecule has 1 rings (SSSR count). The average molecular weight is 228 g/mol. The van der Waals surface area contributed by atoms with Crippen LogP contribution in [-0.4, -0.2) is 42.8 Å². The number of likely N-dealkylation sites (tertiary alicyclic amines) is 1. The van der Waals surface area contributed by atoms with E-state index in [1.807, 2.05) is 0 Å². The van der Waals surface area contributed by atoms with E-state index < -0.39 is 18.3 Å². The summed E-state index contributed by atoms with van der Waals surface area (Å²) < 4.78 is 49.0. The van der Waals surface area contributed by atoms with Gasteiger partial charge in [-0.2, -0.15) is 8.78 Å². The highest BCUT2D eigenvalue weighted by Gasteiger charge is 2.51. The van der Waals surface area contributed by atoms with E-state index in [0.717, 1.165) is 4.90 Å². The maximum atomic E-state index is 12.7. The first kappa shape index (κ1) is 12.2. The summed E-state index contributed by atoms with van der Waals surface area (Å²) in [6.07, 6.45) is -3.47. The Balaban J connectivity index is 2.62. The summed E-state index contributed by atoms with van der Waals surface area (Å²) >= 11 is 0. The molecule has 0 spiro atoms. The lowest BCUT2D eigenvalue weighted by molar-refractivity contribution is -0.179. The maximum Gasteiger partial charge on any atom is 0.383 e. The molecule has 1 heterocycles. The van der Waals surface area contributed by atoms with Crippen molar-refractivity contribution in [2.75, 3.05) is 19.6 Å². The second-order valence-electron chi connectivity index (χ2n) is 3.57. The molecule has 0 aliphatic carbocycles. The van der Waals surface area contributed by atoms with E-state index in [-0.39, 0.29) is 25.6 Å². The number of carbonyl (C=O) groups excluding carboxylic acids is 1. The molecule has 0 radical (unpaired) electrons. The molecule has 88 valence electrons. The first-order chi connectivity index (χ1) is 6.89. The van der Waals surface area contributed by atoms with Crippen molar-refractivity contribution in [3.05, 3.63) is 0 Å². The van der Waals surface area contributed by atoms with E-state index in [2.05, 4.69) is 0 Å². The van der Waals surface area contributed by atoms with Crippen molar-refractivity contribution in [1.82, 2.24) is 4.90 Å². The third-order valence-corrected chi connectivity index (χ3v) is 2.47. The Kier molecular flexibility index (Phi) is 3.54. The number of hydrogen-bond acceptors (Lipinski definition) is 2. The summed E-state index contributed by atoms with van der Waals surface area (Å²) in [5.41, 5.74) is 5.29. The molecule has 0 saturated carbocycles. The van der Waals surface area contributed by atoms with Crippen molar-refractivity contribution in [3.63, 3.8) is 0 Å². The highest BCUT2D eigenvalue weighted by atomic mass is 19.3. The van der Waals surface area contributed by atoms with Crippen molar-refractivity contribution in [2.45, 2.75) is 18.8 Å². The monoisotopic (exact) mass is 228 g/mol. The van der Waals surface area contributed by atoms with Crippen LogP contribution in [0.5, 0.6) is 0 Å². The van der Waals surface area contributed by atoms with Crippen LogP contribution in [0.2, 0.25) is 0 Å². The predicted octanol–water partition coefficient (Wildman–Crippen LogP) is 0.694. The minimum atomic E-state index is -4.58. The van der Waals surface area contributed by atoms with Gasteiger partial charge in [-0.3, -0.25) is 4.79 Å². The summed E-state index contributed by atoms with van der Waals surface area (Å²) in [4.78, 5) is 11.8. The molecular weight excluding hydrogens is 216 g/mol. The Bertz CT molecular complexity index is 247. The van der Waals surface area contributed by atoms with Gasteiger partial charge in [0.25, 0.3) is 5.91 Å². The van der Waals surface area contributed by atoms with Crippen molar-refractivity contribution in [3.8, 4) is 0 Å². The number of alkyl halides is 4. The molecular formula is C8H12F4N2O. The number of amides is 1. The van der Waals surface area contributed by atoms with Gasteiger partial charge < -0.3 is 10.6 Å². The summed E-state index contributed by atoms with van der Waals surface area (Å²) in [6.45, 7) is 0.380. The van der Waals surface area contributed by atoms with Crippen molar-refractivity contribution < 1.29 is 22.4 Å². The summed E-state index contributed by atoms with van der Waals surface area (Å²) in [5.74, 6) is -6.44. The average Bonchev–Trinajstić information content (AvgIpc) is 2.64. The smallest absolute Gasteiger partial charge is 0.337 e. The van der Waals surface area contributed by atoms with Gasteiger partial charge >= 0.3 is 12.3 Å². The van der Waals surface area contributed by atoms with Crippen LogP contribution >= 0.6 is 0 Å². The molecule has 1 atom stereocenters. The van der Waals surface area contributed by atoms with E-state index in [0.29, 0.717) is 6.42 Å². The van der Waals surface area contributed by atoms with Gasteiger partial charge in [-0.05, 0) is 18.9 Å². The second kappa shape index (κ2) is 4.34. The largest absolute Gasteiger partial charge is 0.383 e.